The second kappa shape index (κ2) is 12.1. The lowest BCUT2D eigenvalue weighted by Crippen LogP contribution is -2.50. The number of nitrogens with zero attached hydrogens (tertiary/aromatic N) is 5. The average Bonchev–Trinajstić information content (AvgIpc) is 2.94. The van der Waals surface area contributed by atoms with Gasteiger partial charge in [-0.25, -0.2) is 9.78 Å². The van der Waals surface area contributed by atoms with Gasteiger partial charge >= 0.3 is 6.03 Å². The van der Waals surface area contributed by atoms with E-state index in [2.05, 4.69) is 49.7 Å². The lowest BCUT2D eigenvalue weighted by molar-refractivity contribution is 0.0252. The molecule has 0 radical (unpaired) electrons. The van der Waals surface area contributed by atoms with Crippen LogP contribution in [0.3, 0.4) is 0 Å². The van der Waals surface area contributed by atoms with E-state index in [1.807, 2.05) is 0 Å². The van der Waals surface area contributed by atoms with Crippen LogP contribution >= 0.6 is 0 Å². The second-order valence-electron chi connectivity index (χ2n) is 10.8. The fourth-order valence-electron chi connectivity index (χ4n) is 5.81. The van der Waals surface area contributed by atoms with Crippen molar-refractivity contribution < 1.29 is 9.53 Å². The number of nitrogens with one attached hydrogen (secondary N) is 2. The van der Waals surface area contributed by atoms with Crippen LogP contribution in [0.25, 0.3) is 0 Å². The van der Waals surface area contributed by atoms with Gasteiger partial charge in [0.05, 0.1) is 12.4 Å². The number of piperidine rings is 2. The van der Waals surface area contributed by atoms with Crippen LogP contribution in [0.15, 0.2) is 36.7 Å². The number of ether oxygens (including phenoxy) is 1. The maximum absolute atomic E-state index is 12.1. The monoisotopic (exact) mass is 507 g/mol. The maximum Gasteiger partial charge on any atom is 0.317 e. The van der Waals surface area contributed by atoms with Crippen LogP contribution in [0, 0.1) is 0 Å². The SMILES string of the molecule is CN(C)C(=O)N[C@@H]1CCCN(c2cncc(Nc3ccc(C4CCN(C5CCOCC5)CC4)cc3)n2)C1. The molecule has 3 aliphatic rings. The van der Waals surface area contributed by atoms with E-state index in [4.69, 9.17) is 9.72 Å². The summed E-state index contributed by atoms with van der Waals surface area (Å²) in [6.07, 6.45) is 10.4. The first-order valence-electron chi connectivity index (χ1n) is 13.8. The van der Waals surface area contributed by atoms with Crippen LogP contribution in [-0.4, -0.2) is 91.4 Å². The number of likely N-dealkylation sites (tertiary alicyclic amines) is 1. The van der Waals surface area contributed by atoms with Crippen LogP contribution in [-0.2, 0) is 4.74 Å². The molecule has 5 rings (SSSR count). The first kappa shape index (κ1) is 25.7. The third-order valence-corrected chi connectivity index (χ3v) is 7.99. The van der Waals surface area contributed by atoms with E-state index in [-0.39, 0.29) is 12.1 Å². The van der Waals surface area contributed by atoms with Crippen LogP contribution in [0.5, 0.6) is 0 Å². The summed E-state index contributed by atoms with van der Waals surface area (Å²) < 4.78 is 5.54. The lowest BCUT2D eigenvalue weighted by Gasteiger charge is -2.39. The predicted octanol–water partition coefficient (Wildman–Crippen LogP) is 3.82. The molecule has 4 heterocycles. The molecule has 3 saturated heterocycles. The van der Waals surface area contributed by atoms with Gasteiger partial charge in [0.15, 0.2) is 5.82 Å². The zero-order chi connectivity index (χ0) is 25.6. The fourth-order valence-corrected chi connectivity index (χ4v) is 5.81. The van der Waals surface area contributed by atoms with Gasteiger partial charge in [0.1, 0.15) is 5.82 Å². The smallest absolute Gasteiger partial charge is 0.317 e. The minimum absolute atomic E-state index is 0.0540. The number of benzene rings is 1. The van der Waals surface area contributed by atoms with E-state index in [0.29, 0.717) is 12.0 Å². The van der Waals surface area contributed by atoms with Crippen molar-refractivity contribution in [3.05, 3.63) is 42.2 Å². The van der Waals surface area contributed by atoms with Crippen molar-refractivity contribution in [2.75, 3.05) is 63.7 Å². The predicted molar refractivity (Wildman–Crippen MR) is 147 cm³/mol. The fraction of sp³-hybridized carbons (Fsp3) is 0.607. The molecule has 9 heteroatoms. The summed E-state index contributed by atoms with van der Waals surface area (Å²) >= 11 is 0. The van der Waals surface area contributed by atoms with Crippen LogP contribution in [0.4, 0.5) is 22.1 Å². The normalized spacial score (nSPS) is 22.0. The summed E-state index contributed by atoms with van der Waals surface area (Å²) in [7, 11) is 3.53. The summed E-state index contributed by atoms with van der Waals surface area (Å²) in [5.41, 5.74) is 2.45. The molecule has 2 aromatic rings. The van der Waals surface area contributed by atoms with Gasteiger partial charge in [-0.3, -0.25) is 4.98 Å². The molecule has 37 heavy (non-hydrogen) atoms. The molecule has 0 aliphatic carbocycles. The van der Waals surface area contributed by atoms with Gasteiger partial charge in [-0.05, 0) is 75.2 Å². The van der Waals surface area contributed by atoms with Crippen molar-refractivity contribution in [1.82, 2.24) is 25.1 Å². The van der Waals surface area contributed by atoms with E-state index in [0.717, 1.165) is 56.5 Å². The minimum Gasteiger partial charge on any atom is -0.381 e. The summed E-state index contributed by atoms with van der Waals surface area (Å²) in [6.45, 7) is 5.86. The Morgan fingerprint density at radius 2 is 1.76 bits per heavy atom. The van der Waals surface area contributed by atoms with E-state index < -0.39 is 0 Å². The van der Waals surface area contributed by atoms with Crippen LogP contribution in [0.2, 0.25) is 0 Å². The molecule has 0 bridgehead atoms. The summed E-state index contributed by atoms with van der Waals surface area (Å²) in [5.74, 6) is 2.20. The molecule has 1 aromatic carbocycles. The van der Waals surface area contributed by atoms with Gasteiger partial charge in [-0.2, -0.15) is 0 Å². The Labute approximate surface area is 220 Å². The first-order valence-corrected chi connectivity index (χ1v) is 13.8. The molecule has 3 aliphatic heterocycles. The first-order chi connectivity index (χ1) is 18.0. The molecular weight excluding hydrogens is 466 g/mol. The molecule has 0 spiro atoms. The van der Waals surface area contributed by atoms with Crippen molar-refractivity contribution in [3.8, 4) is 0 Å². The van der Waals surface area contributed by atoms with Crippen molar-refractivity contribution in [2.45, 2.75) is 56.5 Å². The van der Waals surface area contributed by atoms with E-state index in [9.17, 15) is 4.79 Å². The van der Waals surface area contributed by atoms with Gasteiger partial charge < -0.3 is 30.1 Å². The Bertz CT molecular complexity index is 1020. The molecule has 0 unspecified atom stereocenters. The molecule has 200 valence electrons. The average molecular weight is 508 g/mol. The van der Waals surface area contributed by atoms with Gasteiger partial charge in [0, 0.05) is 58.2 Å². The van der Waals surface area contributed by atoms with Crippen molar-refractivity contribution in [3.63, 3.8) is 0 Å². The van der Waals surface area contributed by atoms with Crippen molar-refractivity contribution >= 4 is 23.4 Å². The largest absolute Gasteiger partial charge is 0.381 e. The molecule has 1 atom stereocenters. The molecule has 1 aromatic heterocycles. The Morgan fingerprint density at radius 1 is 1.00 bits per heavy atom. The maximum atomic E-state index is 12.1. The molecule has 2 amide bonds. The number of aromatic nitrogens is 2. The van der Waals surface area contributed by atoms with E-state index >= 15 is 0 Å². The Morgan fingerprint density at radius 3 is 2.49 bits per heavy atom. The van der Waals surface area contributed by atoms with Crippen molar-refractivity contribution in [1.29, 1.82) is 0 Å². The van der Waals surface area contributed by atoms with Gasteiger partial charge in [0.2, 0.25) is 0 Å². The standard InChI is InChI=1S/C28H41N7O2/c1-33(2)28(36)31-24-4-3-13-35(20-24)27-19-29-18-26(32-27)30-23-7-5-21(6-8-23)22-9-14-34(15-10-22)25-11-16-37-17-12-25/h5-8,18-19,22,24-25H,3-4,9-17,20H2,1-2H3,(H,30,32)(H,31,36)/t24-/m1/s1. The van der Waals surface area contributed by atoms with E-state index in [1.54, 1.807) is 31.4 Å². The van der Waals surface area contributed by atoms with Gasteiger partial charge in [-0.15, -0.1) is 0 Å². The van der Waals surface area contributed by atoms with E-state index in [1.165, 1.54) is 44.3 Å². The number of carbonyl (C=O) groups excluding carboxylic acids is 1. The molecule has 2 N–H and O–H groups in total. The highest BCUT2D eigenvalue weighted by Crippen LogP contribution is 2.31. The minimum atomic E-state index is -0.0540. The Balaban J connectivity index is 1.14. The molecule has 0 saturated carbocycles. The van der Waals surface area contributed by atoms with Crippen molar-refractivity contribution in [2.24, 2.45) is 0 Å². The Hall–Kier alpha value is -2.91. The van der Waals surface area contributed by atoms with Crippen LogP contribution < -0.4 is 15.5 Å². The zero-order valence-electron chi connectivity index (χ0n) is 22.2. The summed E-state index contributed by atoms with van der Waals surface area (Å²) in [5, 5.41) is 6.52. The molecule has 9 nitrogen and oxygen atoms in total. The summed E-state index contributed by atoms with van der Waals surface area (Å²) in [6, 6.07) is 9.60. The topological polar surface area (TPSA) is 85.9 Å². The number of hydrogen-bond donors (Lipinski definition) is 2. The summed E-state index contributed by atoms with van der Waals surface area (Å²) in [4.78, 5) is 27.8. The number of rotatable bonds is 6. The highest BCUT2D eigenvalue weighted by atomic mass is 16.5. The third kappa shape index (κ3) is 6.70. The number of anilines is 3. The number of hydrogen-bond acceptors (Lipinski definition) is 7. The Kier molecular flexibility index (Phi) is 8.41. The number of amides is 2. The third-order valence-electron chi connectivity index (χ3n) is 7.99. The van der Waals surface area contributed by atoms with Gasteiger partial charge in [-0.1, -0.05) is 12.1 Å². The highest BCUT2D eigenvalue weighted by molar-refractivity contribution is 5.74. The lowest BCUT2D eigenvalue weighted by atomic mass is 9.88. The molecular formula is C28H41N7O2. The quantitative estimate of drug-likeness (QED) is 0.615. The number of urea groups is 1. The highest BCUT2D eigenvalue weighted by Gasteiger charge is 2.27. The molecule has 3 fully saturated rings. The second-order valence-corrected chi connectivity index (χ2v) is 10.8. The zero-order valence-corrected chi connectivity index (χ0v) is 22.2. The van der Waals surface area contributed by atoms with Gasteiger partial charge in [0.25, 0.3) is 0 Å². The number of carbonyl (C=O) groups is 1. The van der Waals surface area contributed by atoms with Crippen LogP contribution in [0.1, 0.15) is 50.0 Å².